The Morgan fingerprint density at radius 2 is 1.90 bits per heavy atom. The van der Waals surface area contributed by atoms with Crippen LogP contribution in [0.15, 0.2) is 42.7 Å². The summed E-state index contributed by atoms with van der Waals surface area (Å²) in [7, 11) is 2.16. The van der Waals surface area contributed by atoms with Crippen LogP contribution in [0.3, 0.4) is 0 Å². The van der Waals surface area contributed by atoms with Gasteiger partial charge in [0.1, 0.15) is 0 Å². The molecule has 4 heteroatoms. The third-order valence-corrected chi connectivity index (χ3v) is 3.98. The highest BCUT2D eigenvalue weighted by Gasteiger charge is 2.22. The van der Waals surface area contributed by atoms with Crippen LogP contribution in [0.5, 0.6) is 0 Å². The normalized spacial score (nSPS) is 14.2. The van der Waals surface area contributed by atoms with E-state index in [1.165, 1.54) is 22.6 Å². The van der Waals surface area contributed by atoms with Crippen molar-refractivity contribution in [2.24, 2.45) is 0 Å². The Hall–Kier alpha value is -2.07. The fraction of sp³-hybridized carbons (Fsp3) is 0.353. The van der Waals surface area contributed by atoms with Crippen molar-refractivity contribution >= 4 is 17.1 Å². The molecule has 0 saturated heterocycles. The molecule has 1 aliphatic heterocycles. The standard InChI is InChI=1S/C17H22N4/c1-3-18-12-14-13-19-9-8-15(14)21-11-10-20(2)16-6-4-5-7-17(16)21/h4-9,13,18H,3,10-12H2,1-2H3. The average molecular weight is 282 g/mol. The third-order valence-electron chi connectivity index (χ3n) is 3.98. The topological polar surface area (TPSA) is 31.4 Å². The van der Waals surface area contributed by atoms with Crippen LogP contribution >= 0.6 is 0 Å². The van der Waals surface area contributed by atoms with Crippen LogP contribution in [0, 0.1) is 0 Å². The monoisotopic (exact) mass is 282 g/mol. The zero-order valence-corrected chi connectivity index (χ0v) is 12.7. The van der Waals surface area contributed by atoms with Gasteiger partial charge in [-0.15, -0.1) is 0 Å². The summed E-state index contributed by atoms with van der Waals surface area (Å²) in [6.07, 6.45) is 3.85. The first-order valence-corrected chi connectivity index (χ1v) is 7.52. The summed E-state index contributed by atoms with van der Waals surface area (Å²) in [4.78, 5) is 9.01. The zero-order chi connectivity index (χ0) is 14.7. The molecule has 110 valence electrons. The molecular weight excluding hydrogens is 260 g/mol. The minimum atomic E-state index is 0.855. The molecule has 4 nitrogen and oxygen atoms in total. The van der Waals surface area contributed by atoms with Gasteiger partial charge in [0.2, 0.25) is 0 Å². The number of fused-ring (bicyclic) bond motifs is 1. The number of nitrogens with one attached hydrogen (secondary N) is 1. The van der Waals surface area contributed by atoms with Gasteiger partial charge in [0.25, 0.3) is 0 Å². The molecule has 0 atom stereocenters. The summed E-state index contributed by atoms with van der Waals surface area (Å²) in [5.41, 5.74) is 5.07. The molecule has 0 unspecified atom stereocenters. The molecule has 1 aliphatic rings. The Morgan fingerprint density at radius 1 is 1.10 bits per heavy atom. The predicted octanol–water partition coefficient (Wildman–Crippen LogP) is 2.78. The van der Waals surface area contributed by atoms with Gasteiger partial charge in [0, 0.05) is 50.3 Å². The highest BCUT2D eigenvalue weighted by Crippen LogP contribution is 2.37. The van der Waals surface area contributed by atoms with Crippen molar-refractivity contribution in [3.05, 3.63) is 48.3 Å². The summed E-state index contributed by atoms with van der Waals surface area (Å²) < 4.78 is 0. The maximum absolute atomic E-state index is 4.29. The second-order valence-corrected chi connectivity index (χ2v) is 5.35. The predicted molar refractivity (Wildman–Crippen MR) is 88.3 cm³/mol. The first kappa shape index (κ1) is 13.9. The van der Waals surface area contributed by atoms with Gasteiger partial charge >= 0.3 is 0 Å². The van der Waals surface area contributed by atoms with E-state index in [2.05, 4.69) is 64.4 Å². The summed E-state index contributed by atoms with van der Waals surface area (Å²) in [5.74, 6) is 0. The van der Waals surface area contributed by atoms with Crippen molar-refractivity contribution < 1.29 is 0 Å². The summed E-state index contributed by atoms with van der Waals surface area (Å²) in [6.45, 7) is 5.97. The number of nitrogens with zero attached hydrogens (tertiary/aromatic N) is 3. The largest absolute Gasteiger partial charge is 0.371 e. The molecule has 0 saturated carbocycles. The van der Waals surface area contributed by atoms with Gasteiger partial charge in [0.05, 0.1) is 11.4 Å². The van der Waals surface area contributed by atoms with Crippen LogP contribution in [0.2, 0.25) is 0 Å². The lowest BCUT2D eigenvalue weighted by Gasteiger charge is -2.37. The Morgan fingerprint density at radius 3 is 2.71 bits per heavy atom. The number of benzene rings is 1. The van der Waals surface area contributed by atoms with Crippen molar-refractivity contribution in [1.29, 1.82) is 0 Å². The molecule has 0 spiro atoms. The molecule has 2 aromatic rings. The first-order chi connectivity index (χ1) is 10.3. The van der Waals surface area contributed by atoms with Crippen molar-refractivity contribution in [3.63, 3.8) is 0 Å². The summed E-state index contributed by atoms with van der Waals surface area (Å²) >= 11 is 0. The first-order valence-electron chi connectivity index (χ1n) is 7.52. The molecule has 0 aliphatic carbocycles. The van der Waals surface area contributed by atoms with Gasteiger partial charge in [-0.3, -0.25) is 4.98 Å². The van der Waals surface area contributed by atoms with Gasteiger partial charge in [-0.2, -0.15) is 0 Å². The van der Waals surface area contributed by atoms with Crippen molar-refractivity contribution in [3.8, 4) is 0 Å². The van der Waals surface area contributed by atoms with Crippen molar-refractivity contribution in [2.75, 3.05) is 36.5 Å². The van der Waals surface area contributed by atoms with E-state index < -0.39 is 0 Å². The summed E-state index contributed by atoms with van der Waals surface area (Å²) in [6, 6.07) is 10.7. The molecule has 1 aromatic carbocycles. The number of hydrogen-bond acceptors (Lipinski definition) is 4. The van der Waals surface area contributed by atoms with Gasteiger partial charge in [-0.25, -0.2) is 0 Å². The second-order valence-electron chi connectivity index (χ2n) is 5.35. The molecule has 0 radical (unpaired) electrons. The number of aromatic nitrogens is 1. The second kappa shape index (κ2) is 6.14. The van der Waals surface area contributed by atoms with Gasteiger partial charge in [-0.05, 0) is 24.7 Å². The highest BCUT2D eigenvalue weighted by molar-refractivity contribution is 5.80. The lowest BCUT2D eigenvalue weighted by molar-refractivity contribution is 0.720. The lowest BCUT2D eigenvalue weighted by atomic mass is 10.1. The highest BCUT2D eigenvalue weighted by atomic mass is 15.3. The third kappa shape index (κ3) is 2.72. The minimum absolute atomic E-state index is 0.855. The van der Waals surface area contributed by atoms with E-state index in [1.54, 1.807) is 0 Å². The maximum atomic E-state index is 4.29. The molecule has 0 amide bonds. The molecule has 0 fully saturated rings. The fourth-order valence-electron chi connectivity index (χ4n) is 2.84. The number of rotatable bonds is 4. The SMILES string of the molecule is CCNCc1cnccc1N1CCN(C)c2ccccc21. The van der Waals surface area contributed by atoms with Crippen molar-refractivity contribution in [2.45, 2.75) is 13.5 Å². The summed E-state index contributed by atoms with van der Waals surface area (Å²) in [5, 5.41) is 3.40. The van der Waals surface area contributed by atoms with E-state index in [0.29, 0.717) is 0 Å². The minimum Gasteiger partial charge on any atom is -0.371 e. The maximum Gasteiger partial charge on any atom is 0.0649 e. The van der Waals surface area contributed by atoms with E-state index >= 15 is 0 Å². The Labute approximate surface area is 126 Å². The van der Waals surface area contributed by atoms with Crippen LogP contribution < -0.4 is 15.1 Å². The number of para-hydroxylation sites is 2. The lowest BCUT2D eigenvalue weighted by Crippen LogP contribution is -2.37. The molecule has 3 rings (SSSR count). The van der Waals surface area contributed by atoms with E-state index in [9.17, 15) is 0 Å². The molecule has 2 heterocycles. The van der Waals surface area contributed by atoms with Gasteiger partial charge in [-0.1, -0.05) is 19.1 Å². The Kier molecular flexibility index (Phi) is 4.06. The molecule has 1 N–H and O–H groups in total. The average Bonchev–Trinajstić information content (AvgIpc) is 2.54. The van der Waals surface area contributed by atoms with Crippen LogP contribution in [0.1, 0.15) is 12.5 Å². The van der Waals surface area contributed by atoms with Gasteiger partial charge in [0.15, 0.2) is 0 Å². The van der Waals surface area contributed by atoms with Crippen LogP contribution in [0.4, 0.5) is 17.1 Å². The molecule has 1 aromatic heterocycles. The van der Waals surface area contributed by atoms with Crippen LogP contribution in [0.25, 0.3) is 0 Å². The van der Waals surface area contributed by atoms with Crippen molar-refractivity contribution in [1.82, 2.24) is 10.3 Å². The zero-order valence-electron chi connectivity index (χ0n) is 12.7. The van der Waals surface area contributed by atoms with E-state index in [0.717, 1.165) is 26.2 Å². The van der Waals surface area contributed by atoms with E-state index in [1.807, 2.05) is 12.4 Å². The van der Waals surface area contributed by atoms with Gasteiger partial charge < -0.3 is 15.1 Å². The van der Waals surface area contributed by atoms with Crippen LogP contribution in [-0.2, 0) is 6.54 Å². The number of pyridine rings is 1. The smallest absolute Gasteiger partial charge is 0.0649 e. The number of hydrogen-bond donors (Lipinski definition) is 1. The fourth-order valence-corrected chi connectivity index (χ4v) is 2.84. The Balaban J connectivity index is 2.00. The quantitative estimate of drug-likeness (QED) is 0.934. The van der Waals surface area contributed by atoms with E-state index in [4.69, 9.17) is 0 Å². The molecule has 0 bridgehead atoms. The molecule has 21 heavy (non-hydrogen) atoms. The van der Waals surface area contributed by atoms with Crippen LogP contribution in [-0.4, -0.2) is 31.7 Å². The van der Waals surface area contributed by atoms with E-state index in [-0.39, 0.29) is 0 Å². The number of anilines is 3. The Bertz CT molecular complexity index is 611. The molecular formula is C17H22N4. The number of likely N-dealkylation sites (N-methyl/N-ethyl adjacent to an activating group) is 1.